The first kappa shape index (κ1) is 15.1. The zero-order valence-electron chi connectivity index (χ0n) is 12.0. The number of hydrogen-bond donors (Lipinski definition) is 1. The van der Waals surface area contributed by atoms with Crippen molar-refractivity contribution in [3.8, 4) is 0 Å². The van der Waals surface area contributed by atoms with Crippen LogP contribution in [0.4, 0.5) is 5.13 Å². The number of anilines is 1. The SMILES string of the molecule is CN(C)c1nnc(Sc2cccc(Cl)c2CNC2CC2)s1. The molecule has 0 amide bonds. The molecule has 1 aliphatic carbocycles. The van der Waals surface area contributed by atoms with Crippen LogP contribution in [-0.2, 0) is 6.54 Å². The van der Waals surface area contributed by atoms with Crippen molar-refractivity contribution in [3.05, 3.63) is 28.8 Å². The van der Waals surface area contributed by atoms with Gasteiger partial charge in [0.15, 0.2) is 4.34 Å². The summed E-state index contributed by atoms with van der Waals surface area (Å²) in [6, 6.07) is 6.69. The highest BCUT2D eigenvalue weighted by Crippen LogP contribution is 2.37. The molecule has 1 fully saturated rings. The first-order chi connectivity index (χ1) is 10.1. The van der Waals surface area contributed by atoms with E-state index in [-0.39, 0.29) is 0 Å². The molecule has 2 aromatic rings. The fourth-order valence-electron chi connectivity index (χ4n) is 1.86. The van der Waals surface area contributed by atoms with Crippen molar-refractivity contribution in [1.82, 2.24) is 15.5 Å². The molecule has 112 valence electrons. The van der Waals surface area contributed by atoms with Crippen LogP contribution in [-0.4, -0.2) is 30.3 Å². The first-order valence-corrected chi connectivity index (χ1v) is 8.84. The molecule has 0 spiro atoms. The Morgan fingerprint density at radius 1 is 1.38 bits per heavy atom. The smallest absolute Gasteiger partial charge is 0.208 e. The number of nitrogens with zero attached hydrogens (tertiary/aromatic N) is 3. The molecule has 0 atom stereocenters. The van der Waals surface area contributed by atoms with Crippen LogP contribution in [0.5, 0.6) is 0 Å². The fraction of sp³-hybridized carbons (Fsp3) is 0.429. The summed E-state index contributed by atoms with van der Waals surface area (Å²) in [5, 5.41) is 13.7. The molecule has 0 aliphatic heterocycles. The monoisotopic (exact) mass is 340 g/mol. The zero-order valence-corrected chi connectivity index (χ0v) is 14.4. The van der Waals surface area contributed by atoms with Crippen LogP contribution in [0.1, 0.15) is 18.4 Å². The lowest BCUT2D eigenvalue weighted by molar-refractivity contribution is 0.680. The van der Waals surface area contributed by atoms with Crippen LogP contribution in [0.15, 0.2) is 27.4 Å². The van der Waals surface area contributed by atoms with Gasteiger partial charge in [0.25, 0.3) is 0 Å². The maximum absolute atomic E-state index is 6.36. The summed E-state index contributed by atoms with van der Waals surface area (Å²) in [5.74, 6) is 0. The standard InChI is InChI=1S/C14H17ClN4S2/c1-19(2)13-17-18-14(21-13)20-12-5-3-4-11(15)10(12)8-16-9-6-7-9/h3-5,9,16H,6-8H2,1-2H3. The quantitative estimate of drug-likeness (QED) is 0.869. The second-order valence-electron chi connectivity index (χ2n) is 5.22. The molecule has 0 unspecified atom stereocenters. The van der Waals surface area contributed by atoms with Gasteiger partial charge in [0, 0.05) is 36.6 Å². The Bertz CT molecular complexity index is 625. The molecule has 7 heteroatoms. The van der Waals surface area contributed by atoms with Gasteiger partial charge < -0.3 is 10.2 Å². The average Bonchev–Trinajstić information content (AvgIpc) is 3.15. The summed E-state index contributed by atoms with van der Waals surface area (Å²) >= 11 is 9.58. The van der Waals surface area contributed by atoms with E-state index in [2.05, 4.69) is 21.6 Å². The fourth-order valence-corrected chi connectivity index (χ4v) is 4.04. The lowest BCUT2D eigenvalue weighted by Crippen LogP contribution is -2.16. The van der Waals surface area contributed by atoms with Crippen LogP contribution in [0.25, 0.3) is 0 Å². The van der Waals surface area contributed by atoms with Gasteiger partial charge in [-0.1, -0.05) is 40.8 Å². The Morgan fingerprint density at radius 2 is 2.19 bits per heavy atom. The van der Waals surface area contributed by atoms with E-state index in [0.717, 1.165) is 31.5 Å². The van der Waals surface area contributed by atoms with Gasteiger partial charge in [0.1, 0.15) is 0 Å². The molecule has 1 aliphatic rings. The molecule has 1 aromatic heterocycles. The molecular formula is C14H17ClN4S2. The van der Waals surface area contributed by atoms with Crippen LogP contribution >= 0.6 is 34.7 Å². The summed E-state index contributed by atoms with van der Waals surface area (Å²) in [4.78, 5) is 3.12. The molecule has 1 N–H and O–H groups in total. The minimum Gasteiger partial charge on any atom is -0.353 e. The summed E-state index contributed by atoms with van der Waals surface area (Å²) in [7, 11) is 3.94. The first-order valence-electron chi connectivity index (χ1n) is 6.83. The van der Waals surface area contributed by atoms with E-state index in [0.29, 0.717) is 6.04 Å². The molecule has 21 heavy (non-hydrogen) atoms. The number of hydrogen-bond acceptors (Lipinski definition) is 6. The minimum absolute atomic E-state index is 0.668. The largest absolute Gasteiger partial charge is 0.353 e. The predicted octanol–water partition coefficient (Wildman–Crippen LogP) is 3.66. The molecular weight excluding hydrogens is 324 g/mol. The Hall–Kier alpha value is -0.820. The topological polar surface area (TPSA) is 41.1 Å². The maximum Gasteiger partial charge on any atom is 0.208 e. The third-order valence-electron chi connectivity index (χ3n) is 3.20. The van der Waals surface area contributed by atoms with Crippen molar-refractivity contribution >= 4 is 39.8 Å². The average molecular weight is 341 g/mol. The van der Waals surface area contributed by atoms with E-state index in [4.69, 9.17) is 11.6 Å². The highest BCUT2D eigenvalue weighted by molar-refractivity contribution is 8.01. The van der Waals surface area contributed by atoms with E-state index >= 15 is 0 Å². The number of halogens is 1. The van der Waals surface area contributed by atoms with Crippen LogP contribution < -0.4 is 10.2 Å². The van der Waals surface area contributed by atoms with Crippen LogP contribution in [0.2, 0.25) is 5.02 Å². The van der Waals surface area contributed by atoms with E-state index in [1.807, 2.05) is 31.1 Å². The number of nitrogens with one attached hydrogen (secondary N) is 1. The van der Waals surface area contributed by atoms with Crippen molar-refractivity contribution < 1.29 is 0 Å². The second-order valence-corrected chi connectivity index (χ2v) is 7.87. The van der Waals surface area contributed by atoms with Gasteiger partial charge in [0.05, 0.1) is 0 Å². The van der Waals surface area contributed by atoms with Crippen molar-refractivity contribution in [3.63, 3.8) is 0 Å². The molecule has 1 heterocycles. The third-order valence-corrected chi connectivity index (χ3v) is 5.79. The van der Waals surface area contributed by atoms with Crippen molar-refractivity contribution in [2.24, 2.45) is 0 Å². The highest BCUT2D eigenvalue weighted by atomic mass is 35.5. The Morgan fingerprint density at radius 3 is 2.86 bits per heavy atom. The molecule has 4 nitrogen and oxygen atoms in total. The van der Waals surface area contributed by atoms with Crippen LogP contribution in [0, 0.1) is 0 Å². The Balaban J connectivity index is 1.77. The third kappa shape index (κ3) is 3.88. The number of benzene rings is 1. The van der Waals surface area contributed by atoms with Gasteiger partial charge in [-0.15, -0.1) is 10.2 Å². The van der Waals surface area contributed by atoms with Crippen molar-refractivity contribution in [2.45, 2.75) is 34.7 Å². The van der Waals surface area contributed by atoms with Gasteiger partial charge >= 0.3 is 0 Å². The lowest BCUT2D eigenvalue weighted by Gasteiger charge is -2.10. The summed E-state index contributed by atoms with van der Waals surface area (Å²) in [5.41, 5.74) is 1.15. The number of rotatable bonds is 6. The van der Waals surface area contributed by atoms with E-state index in [1.165, 1.54) is 12.8 Å². The second kappa shape index (κ2) is 6.52. The number of aromatic nitrogens is 2. The summed E-state index contributed by atoms with van der Waals surface area (Å²) in [6.07, 6.45) is 2.55. The van der Waals surface area contributed by atoms with Crippen molar-refractivity contribution in [1.29, 1.82) is 0 Å². The maximum atomic E-state index is 6.36. The van der Waals surface area contributed by atoms with Gasteiger partial charge in [-0.2, -0.15) is 0 Å². The predicted molar refractivity (Wildman–Crippen MR) is 89.7 cm³/mol. The Labute approximate surface area is 137 Å². The summed E-state index contributed by atoms with van der Waals surface area (Å²) < 4.78 is 0.939. The molecule has 3 rings (SSSR count). The summed E-state index contributed by atoms with van der Waals surface area (Å²) in [6.45, 7) is 0.812. The van der Waals surface area contributed by atoms with Gasteiger partial charge in [-0.25, -0.2) is 0 Å². The lowest BCUT2D eigenvalue weighted by atomic mass is 10.2. The normalized spacial score (nSPS) is 14.4. The molecule has 0 radical (unpaired) electrons. The molecule has 1 saturated carbocycles. The minimum atomic E-state index is 0.668. The van der Waals surface area contributed by atoms with Gasteiger partial charge in [-0.05, 0) is 30.5 Å². The molecule has 0 saturated heterocycles. The van der Waals surface area contributed by atoms with Crippen molar-refractivity contribution in [2.75, 3.05) is 19.0 Å². The molecule has 0 bridgehead atoms. The van der Waals surface area contributed by atoms with Crippen LogP contribution in [0.3, 0.4) is 0 Å². The Kier molecular flexibility index (Phi) is 4.69. The molecule has 1 aromatic carbocycles. The van der Waals surface area contributed by atoms with E-state index < -0.39 is 0 Å². The zero-order chi connectivity index (χ0) is 14.8. The van der Waals surface area contributed by atoms with E-state index in [9.17, 15) is 0 Å². The van der Waals surface area contributed by atoms with Gasteiger partial charge in [-0.3, -0.25) is 0 Å². The van der Waals surface area contributed by atoms with Gasteiger partial charge in [0.2, 0.25) is 5.13 Å². The highest BCUT2D eigenvalue weighted by Gasteiger charge is 2.21. The van der Waals surface area contributed by atoms with E-state index in [1.54, 1.807) is 23.1 Å².